The summed E-state index contributed by atoms with van der Waals surface area (Å²) in [6.07, 6.45) is 7.11. The molecule has 1 aromatic rings. The highest BCUT2D eigenvalue weighted by molar-refractivity contribution is 5.97. The van der Waals surface area contributed by atoms with Crippen LogP contribution in [0.15, 0.2) is 30.5 Å². The van der Waals surface area contributed by atoms with E-state index >= 15 is 0 Å². The number of rotatable bonds is 8. The van der Waals surface area contributed by atoms with E-state index in [1.165, 1.54) is 18.9 Å². The molecular formula is C25H32ClF3N4O2. The molecule has 1 aromatic heterocycles. The largest absolute Gasteiger partial charge is 0.433 e. The van der Waals surface area contributed by atoms with E-state index in [0.29, 0.717) is 6.54 Å². The lowest BCUT2D eigenvalue weighted by atomic mass is 9.81. The molecule has 2 saturated carbocycles. The van der Waals surface area contributed by atoms with Gasteiger partial charge in [-0.05, 0) is 87.5 Å². The van der Waals surface area contributed by atoms with Gasteiger partial charge in [0.15, 0.2) is 0 Å². The Labute approximate surface area is 209 Å². The van der Waals surface area contributed by atoms with Gasteiger partial charge in [-0.2, -0.15) is 13.2 Å². The molecule has 6 nitrogen and oxygen atoms in total. The topological polar surface area (TPSA) is 74.3 Å². The molecule has 2 amide bonds. The summed E-state index contributed by atoms with van der Waals surface area (Å²) in [6.45, 7) is 3.98. The Balaban J connectivity index is 0.00000289. The molecular weight excluding hydrogens is 481 g/mol. The van der Waals surface area contributed by atoms with E-state index in [9.17, 15) is 22.8 Å². The number of hydrogen-bond donors (Lipinski definition) is 2. The van der Waals surface area contributed by atoms with Crippen molar-refractivity contribution in [2.24, 2.45) is 29.1 Å². The first-order chi connectivity index (χ1) is 16.3. The van der Waals surface area contributed by atoms with Crippen molar-refractivity contribution in [3.8, 4) is 0 Å². The molecule has 5 rings (SSSR count). The van der Waals surface area contributed by atoms with Crippen LogP contribution in [0.4, 0.5) is 18.9 Å². The maximum absolute atomic E-state index is 13.3. The van der Waals surface area contributed by atoms with Crippen LogP contribution in [0.25, 0.3) is 0 Å². The van der Waals surface area contributed by atoms with Crippen molar-refractivity contribution in [2.75, 3.05) is 31.5 Å². The number of pyridine rings is 1. The van der Waals surface area contributed by atoms with Crippen LogP contribution in [0.1, 0.15) is 44.2 Å². The fourth-order valence-electron chi connectivity index (χ4n) is 6.37. The zero-order valence-electron chi connectivity index (χ0n) is 19.5. The van der Waals surface area contributed by atoms with Crippen LogP contribution in [0.2, 0.25) is 0 Å². The molecule has 2 N–H and O–H groups in total. The van der Waals surface area contributed by atoms with E-state index in [4.69, 9.17) is 0 Å². The van der Waals surface area contributed by atoms with Crippen LogP contribution in [0.5, 0.6) is 0 Å². The van der Waals surface area contributed by atoms with Gasteiger partial charge < -0.3 is 15.5 Å². The predicted molar refractivity (Wildman–Crippen MR) is 128 cm³/mol. The van der Waals surface area contributed by atoms with Crippen LogP contribution in [-0.2, 0) is 15.8 Å². The lowest BCUT2D eigenvalue weighted by Gasteiger charge is -2.26. The third-order valence-corrected chi connectivity index (χ3v) is 8.17. The maximum atomic E-state index is 13.3. The second-order valence-corrected chi connectivity index (χ2v) is 10.2. The molecule has 35 heavy (non-hydrogen) atoms. The van der Waals surface area contributed by atoms with E-state index in [-0.39, 0.29) is 47.2 Å². The Kier molecular flexibility index (Phi) is 7.48. The van der Waals surface area contributed by atoms with Crippen molar-refractivity contribution in [3.63, 3.8) is 0 Å². The number of alkyl halides is 3. The number of carbonyl (C=O) groups is 2. The summed E-state index contributed by atoms with van der Waals surface area (Å²) in [5, 5.41) is 5.78. The molecule has 2 bridgehead atoms. The number of nitrogens with one attached hydrogen (secondary N) is 2. The van der Waals surface area contributed by atoms with Crippen LogP contribution in [-0.4, -0.2) is 47.9 Å². The van der Waals surface area contributed by atoms with Gasteiger partial charge in [0.2, 0.25) is 11.8 Å². The van der Waals surface area contributed by atoms with Crippen molar-refractivity contribution in [2.45, 2.75) is 44.7 Å². The predicted octanol–water partition coefficient (Wildman–Crippen LogP) is 4.28. The average molecular weight is 513 g/mol. The van der Waals surface area contributed by atoms with E-state index in [1.807, 2.05) is 0 Å². The van der Waals surface area contributed by atoms with Crippen molar-refractivity contribution in [1.29, 1.82) is 0 Å². The van der Waals surface area contributed by atoms with Crippen LogP contribution in [0.3, 0.4) is 0 Å². The molecule has 1 spiro atoms. The fraction of sp³-hybridized carbons (Fsp3) is 0.640. The number of nitrogens with zero attached hydrogens (tertiary/aromatic N) is 2. The van der Waals surface area contributed by atoms with Gasteiger partial charge in [0.1, 0.15) is 5.69 Å². The van der Waals surface area contributed by atoms with Gasteiger partial charge >= 0.3 is 6.18 Å². The van der Waals surface area contributed by atoms with Crippen molar-refractivity contribution in [3.05, 3.63) is 36.2 Å². The van der Waals surface area contributed by atoms with Crippen LogP contribution < -0.4 is 10.6 Å². The normalized spacial score (nSPS) is 28.2. The number of carbonyl (C=O) groups excluding carboxylic acids is 2. The SMILES string of the molecule is Cl.O=C(NCCCCN1CCCC1)[C@H]1[C@H](C(=O)Nc2ccc(C(F)(F)F)nc2)[C@@H]2C=C[C@H]1C21CC1. The molecule has 10 heteroatoms. The first-order valence-corrected chi connectivity index (χ1v) is 12.3. The van der Waals surface area contributed by atoms with Crippen molar-refractivity contribution in [1.82, 2.24) is 15.2 Å². The molecule has 1 aliphatic heterocycles. The van der Waals surface area contributed by atoms with Crippen molar-refractivity contribution < 1.29 is 22.8 Å². The van der Waals surface area contributed by atoms with Gasteiger partial charge in [0, 0.05) is 6.54 Å². The lowest BCUT2D eigenvalue weighted by Crippen LogP contribution is -2.42. The third-order valence-electron chi connectivity index (χ3n) is 8.17. The number of anilines is 1. The second-order valence-electron chi connectivity index (χ2n) is 10.2. The summed E-state index contributed by atoms with van der Waals surface area (Å²) in [5.41, 5.74) is -0.805. The number of halogens is 4. The number of likely N-dealkylation sites (tertiary alicyclic amines) is 1. The van der Waals surface area contributed by atoms with E-state index in [1.54, 1.807) is 0 Å². The zero-order chi connectivity index (χ0) is 23.9. The van der Waals surface area contributed by atoms with Gasteiger partial charge in [-0.15, -0.1) is 12.4 Å². The highest BCUT2D eigenvalue weighted by Crippen LogP contribution is 2.72. The number of amides is 2. The quantitative estimate of drug-likeness (QED) is 0.403. The Morgan fingerprint density at radius 1 is 1.03 bits per heavy atom. The monoisotopic (exact) mass is 512 g/mol. The Morgan fingerprint density at radius 3 is 2.26 bits per heavy atom. The molecule has 2 heterocycles. The molecule has 0 unspecified atom stereocenters. The van der Waals surface area contributed by atoms with Gasteiger partial charge in [0.05, 0.1) is 23.7 Å². The Morgan fingerprint density at radius 2 is 1.69 bits per heavy atom. The lowest BCUT2D eigenvalue weighted by molar-refractivity contribution is -0.141. The fourth-order valence-corrected chi connectivity index (χ4v) is 6.37. The highest BCUT2D eigenvalue weighted by atomic mass is 35.5. The molecule has 1 saturated heterocycles. The number of aromatic nitrogens is 1. The molecule has 3 aliphatic carbocycles. The number of unbranched alkanes of at least 4 members (excludes halogenated alkanes) is 1. The molecule has 0 aromatic carbocycles. The summed E-state index contributed by atoms with van der Waals surface area (Å²) in [4.78, 5) is 32.4. The first-order valence-electron chi connectivity index (χ1n) is 12.3. The van der Waals surface area contributed by atoms with Gasteiger partial charge in [-0.3, -0.25) is 9.59 Å². The summed E-state index contributed by atoms with van der Waals surface area (Å²) in [7, 11) is 0. The second kappa shape index (κ2) is 10.1. The Bertz CT molecular complexity index is 958. The smallest absolute Gasteiger partial charge is 0.356 e. The maximum Gasteiger partial charge on any atom is 0.433 e. The molecule has 0 radical (unpaired) electrons. The summed E-state index contributed by atoms with van der Waals surface area (Å²) in [6, 6.07) is 2.06. The van der Waals surface area contributed by atoms with Gasteiger partial charge in [0.25, 0.3) is 0 Å². The molecule has 4 aliphatic rings. The van der Waals surface area contributed by atoms with Crippen molar-refractivity contribution >= 4 is 29.9 Å². The van der Waals surface area contributed by atoms with Gasteiger partial charge in [-0.25, -0.2) is 4.98 Å². The zero-order valence-corrected chi connectivity index (χ0v) is 20.3. The highest BCUT2D eigenvalue weighted by Gasteiger charge is 2.69. The first kappa shape index (κ1) is 25.9. The van der Waals surface area contributed by atoms with E-state index in [0.717, 1.165) is 57.6 Å². The van der Waals surface area contributed by atoms with E-state index < -0.39 is 23.7 Å². The Hall–Kier alpha value is -2.13. The summed E-state index contributed by atoms with van der Waals surface area (Å²) >= 11 is 0. The number of allylic oxidation sites excluding steroid dienone is 2. The molecule has 192 valence electrons. The van der Waals surface area contributed by atoms with Crippen LogP contribution >= 0.6 is 12.4 Å². The third kappa shape index (κ3) is 5.07. The summed E-state index contributed by atoms with van der Waals surface area (Å²) < 4.78 is 38.4. The standard InChI is InChI=1S/C25H31F3N4O2.ClH/c26-25(27,28)19-8-5-16(15-30-19)31-23(34)21-18-7-6-17(24(18)9-10-24)20(21)22(33)29-11-1-2-12-32-13-3-4-14-32;/h5-8,15,17-18,20-21H,1-4,9-14H2,(H,29,33)(H,31,34);1H/t17-,18+,20-,21-;/m1./s1. The molecule has 4 atom stereocenters. The van der Waals surface area contributed by atoms with Gasteiger partial charge in [-0.1, -0.05) is 12.2 Å². The summed E-state index contributed by atoms with van der Waals surface area (Å²) in [5.74, 6) is -1.34. The average Bonchev–Trinajstić information content (AvgIpc) is 3.16. The molecule has 3 fully saturated rings. The minimum atomic E-state index is -4.53. The minimum Gasteiger partial charge on any atom is -0.356 e. The van der Waals surface area contributed by atoms with E-state index in [2.05, 4.69) is 32.7 Å². The number of hydrogen-bond acceptors (Lipinski definition) is 4. The minimum absolute atomic E-state index is 0. The van der Waals surface area contributed by atoms with Crippen LogP contribution in [0, 0.1) is 29.1 Å².